The van der Waals surface area contributed by atoms with Crippen LogP contribution in [0.4, 0.5) is 0 Å². The largest absolute Gasteiger partial charge is 0.298 e. The van der Waals surface area contributed by atoms with Gasteiger partial charge in [-0.1, -0.05) is 48.5 Å². The van der Waals surface area contributed by atoms with Crippen LogP contribution in [0.2, 0.25) is 0 Å². The second-order valence-electron chi connectivity index (χ2n) is 6.44. The molecule has 2 aromatic rings. The van der Waals surface area contributed by atoms with Crippen LogP contribution >= 0.6 is 0 Å². The topological polar surface area (TPSA) is 49.4 Å². The van der Waals surface area contributed by atoms with Gasteiger partial charge < -0.3 is 0 Å². The third-order valence-corrected chi connectivity index (χ3v) is 6.41. The van der Waals surface area contributed by atoms with E-state index in [0.717, 1.165) is 25.2 Å². The van der Waals surface area contributed by atoms with E-state index in [9.17, 15) is 8.42 Å². The summed E-state index contributed by atoms with van der Waals surface area (Å²) in [5, 5.41) is 0. The van der Waals surface area contributed by atoms with E-state index in [0.29, 0.717) is 17.4 Å². The van der Waals surface area contributed by atoms with Gasteiger partial charge in [-0.2, -0.15) is 0 Å². The van der Waals surface area contributed by atoms with Gasteiger partial charge in [0.15, 0.2) is 0 Å². The number of benzene rings is 2. The predicted octanol–water partition coefficient (Wildman–Crippen LogP) is 2.19. The van der Waals surface area contributed by atoms with Gasteiger partial charge in [0, 0.05) is 32.1 Å². The average Bonchev–Trinajstić information content (AvgIpc) is 2.92. The van der Waals surface area contributed by atoms with E-state index < -0.39 is 10.0 Å². The summed E-state index contributed by atoms with van der Waals surface area (Å²) in [6.07, 6.45) is 0. The van der Waals surface area contributed by atoms with Crippen LogP contribution in [-0.4, -0.2) is 33.0 Å². The highest BCUT2D eigenvalue weighted by atomic mass is 32.2. The molecule has 2 aromatic carbocycles. The highest BCUT2D eigenvalue weighted by Crippen LogP contribution is 2.38. The summed E-state index contributed by atoms with van der Waals surface area (Å²) in [6, 6.07) is 17.9. The van der Waals surface area contributed by atoms with Gasteiger partial charge in [-0.05, 0) is 23.1 Å². The van der Waals surface area contributed by atoms with Crippen LogP contribution in [-0.2, 0) is 16.6 Å². The van der Waals surface area contributed by atoms with Gasteiger partial charge in [0.1, 0.15) is 0 Å². The van der Waals surface area contributed by atoms with Crippen LogP contribution in [0.1, 0.15) is 17.0 Å². The van der Waals surface area contributed by atoms with Gasteiger partial charge >= 0.3 is 0 Å². The van der Waals surface area contributed by atoms with E-state index in [-0.39, 0.29) is 5.92 Å². The molecule has 4 nitrogen and oxygen atoms in total. The molecule has 2 aliphatic heterocycles. The van der Waals surface area contributed by atoms with Crippen molar-refractivity contribution in [3.8, 4) is 0 Å². The van der Waals surface area contributed by atoms with Crippen LogP contribution in [0.3, 0.4) is 0 Å². The van der Waals surface area contributed by atoms with E-state index in [1.165, 1.54) is 5.56 Å². The molecule has 0 aliphatic carbocycles. The fourth-order valence-electron chi connectivity index (χ4n) is 3.82. The van der Waals surface area contributed by atoms with E-state index in [4.69, 9.17) is 0 Å². The Morgan fingerprint density at radius 2 is 1.74 bits per heavy atom. The molecule has 1 fully saturated rings. The molecular formula is C18H20N2O2S. The summed E-state index contributed by atoms with van der Waals surface area (Å²) >= 11 is 0. The summed E-state index contributed by atoms with van der Waals surface area (Å²) in [6.45, 7) is 3.28. The molecule has 0 radical (unpaired) electrons. The van der Waals surface area contributed by atoms with Crippen LogP contribution in [0.25, 0.3) is 0 Å². The Balaban J connectivity index is 1.63. The Morgan fingerprint density at radius 3 is 2.57 bits per heavy atom. The van der Waals surface area contributed by atoms with Crippen LogP contribution in [0.15, 0.2) is 59.5 Å². The van der Waals surface area contributed by atoms with E-state index >= 15 is 0 Å². The minimum absolute atomic E-state index is 0.277. The zero-order chi connectivity index (χ0) is 15.9. The number of nitrogens with zero attached hydrogens (tertiary/aromatic N) is 1. The molecule has 0 saturated carbocycles. The van der Waals surface area contributed by atoms with Crippen LogP contribution in [0.5, 0.6) is 0 Å². The van der Waals surface area contributed by atoms with Crippen molar-refractivity contribution in [1.82, 2.24) is 9.62 Å². The van der Waals surface area contributed by atoms with Crippen molar-refractivity contribution in [3.05, 3.63) is 65.7 Å². The Morgan fingerprint density at radius 1 is 1.00 bits per heavy atom. The summed E-state index contributed by atoms with van der Waals surface area (Å²) in [5.41, 5.74) is 2.27. The lowest BCUT2D eigenvalue weighted by Gasteiger charge is -2.17. The first-order valence-electron chi connectivity index (χ1n) is 7.98. The number of sulfonamides is 1. The predicted molar refractivity (Wildman–Crippen MR) is 89.6 cm³/mol. The monoisotopic (exact) mass is 328 g/mol. The number of likely N-dealkylation sites (tertiary alicyclic amines) is 1. The summed E-state index contributed by atoms with van der Waals surface area (Å²) in [4.78, 5) is 2.88. The highest BCUT2D eigenvalue weighted by molar-refractivity contribution is 7.89. The van der Waals surface area contributed by atoms with Gasteiger partial charge in [0.25, 0.3) is 0 Å². The summed E-state index contributed by atoms with van der Waals surface area (Å²) in [7, 11) is -3.37. The molecule has 2 unspecified atom stereocenters. The molecule has 2 heterocycles. The number of hydrogen-bond acceptors (Lipinski definition) is 3. The second kappa shape index (κ2) is 5.74. The molecule has 5 heteroatoms. The van der Waals surface area contributed by atoms with Gasteiger partial charge in [0.05, 0.1) is 4.90 Å². The zero-order valence-corrected chi connectivity index (χ0v) is 13.7. The quantitative estimate of drug-likeness (QED) is 0.919. The Labute approximate surface area is 137 Å². The lowest BCUT2D eigenvalue weighted by atomic mass is 9.89. The number of fused-ring (bicyclic) bond motifs is 3. The molecule has 1 N–H and O–H groups in total. The third kappa shape index (κ3) is 2.80. The zero-order valence-electron chi connectivity index (χ0n) is 12.9. The Bertz CT molecular complexity index is 805. The molecule has 1 saturated heterocycles. The first kappa shape index (κ1) is 14.9. The third-order valence-electron chi connectivity index (χ3n) is 4.91. The van der Waals surface area contributed by atoms with E-state index in [1.807, 2.05) is 18.2 Å². The maximum Gasteiger partial charge on any atom is 0.240 e. The van der Waals surface area contributed by atoms with Crippen LogP contribution < -0.4 is 4.72 Å². The number of hydrogen-bond donors (Lipinski definition) is 1. The first-order chi connectivity index (χ1) is 11.1. The maximum absolute atomic E-state index is 12.4. The van der Waals surface area contributed by atoms with Gasteiger partial charge in [-0.25, -0.2) is 13.1 Å². The van der Waals surface area contributed by atoms with Gasteiger partial charge in [-0.15, -0.1) is 0 Å². The first-order valence-corrected chi connectivity index (χ1v) is 9.47. The fraction of sp³-hybridized carbons (Fsp3) is 0.333. The lowest BCUT2D eigenvalue weighted by molar-refractivity contribution is 0.315. The Hall–Kier alpha value is -1.69. The van der Waals surface area contributed by atoms with Crippen molar-refractivity contribution < 1.29 is 8.42 Å². The average molecular weight is 328 g/mol. The number of nitrogens with one attached hydrogen (secondary N) is 1. The smallest absolute Gasteiger partial charge is 0.240 e. The normalized spacial score (nSPS) is 26.3. The molecule has 0 aromatic heterocycles. The second-order valence-corrected chi connectivity index (χ2v) is 8.17. The SMILES string of the molecule is O=S1(=O)NCC2CN(Cc3ccccc3)CC2c2ccccc21. The van der Waals surface area contributed by atoms with Gasteiger partial charge in [0.2, 0.25) is 10.0 Å². The minimum atomic E-state index is -3.37. The van der Waals surface area contributed by atoms with E-state index in [2.05, 4.69) is 33.9 Å². The highest BCUT2D eigenvalue weighted by Gasteiger charge is 2.39. The summed E-state index contributed by atoms with van der Waals surface area (Å²) < 4.78 is 27.5. The maximum atomic E-state index is 12.4. The lowest BCUT2D eigenvalue weighted by Crippen LogP contribution is -2.29. The van der Waals surface area contributed by atoms with Crippen molar-refractivity contribution in [3.63, 3.8) is 0 Å². The summed E-state index contributed by atoms with van der Waals surface area (Å²) in [5.74, 6) is 0.608. The molecule has 4 rings (SSSR count). The van der Waals surface area contributed by atoms with Crippen molar-refractivity contribution in [1.29, 1.82) is 0 Å². The molecule has 23 heavy (non-hydrogen) atoms. The minimum Gasteiger partial charge on any atom is -0.298 e. The molecule has 2 atom stereocenters. The fourth-order valence-corrected chi connectivity index (χ4v) is 5.19. The van der Waals surface area contributed by atoms with Gasteiger partial charge in [-0.3, -0.25) is 4.90 Å². The number of rotatable bonds is 2. The molecule has 0 bridgehead atoms. The molecular weight excluding hydrogens is 308 g/mol. The molecule has 120 valence electrons. The standard InChI is InChI=1S/C18H20N2O2S/c21-23(22)18-9-5-4-8-16(18)17-13-20(12-15(17)10-19-23)11-14-6-2-1-3-7-14/h1-9,15,17,19H,10-13H2. The molecule has 2 aliphatic rings. The van der Waals surface area contributed by atoms with Crippen molar-refractivity contribution in [2.45, 2.75) is 17.4 Å². The van der Waals surface area contributed by atoms with Crippen molar-refractivity contribution in [2.24, 2.45) is 5.92 Å². The molecule has 0 spiro atoms. The van der Waals surface area contributed by atoms with Crippen molar-refractivity contribution in [2.75, 3.05) is 19.6 Å². The molecule has 0 amide bonds. The van der Waals surface area contributed by atoms with Crippen molar-refractivity contribution >= 4 is 10.0 Å². The Kier molecular flexibility index (Phi) is 3.71. The van der Waals surface area contributed by atoms with E-state index in [1.54, 1.807) is 12.1 Å². The van der Waals surface area contributed by atoms with Crippen LogP contribution in [0, 0.1) is 5.92 Å².